The Hall–Kier alpha value is -1.21. The van der Waals surface area contributed by atoms with E-state index in [-0.39, 0.29) is 0 Å². The van der Waals surface area contributed by atoms with E-state index in [4.69, 9.17) is 14.7 Å². The van der Waals surface area contributed by atoms with Gasteiger partial charge < -0.3 is 9.47 Å². The van der Waals surface area contributed by atoms with Gasteiger partial charge in [0.25, 0.3) is 0 Å². The van der Waals surface area contributed by atoms with Crippen molar-refractivity contribution in [2.24, 2.45) is 0 Å². The fourth-order valence-electron chi connectivity index (χ4n) is 1.68. The number of hydrogen-bond donors (Lipinski definition) is 0. The Balaban J connectivity index is 2.66. The lowest BCUT2D eigenvalue weighted by atomic mass is 10.0. The summed E-state index contributed by atoms with van der Waals surface area (Å²) in [5, 5.41) is 9.06. The van der Waals surface area contributed by atoms with E-state index < -0.39 is 0 Å². The van der Waals surface area contributed by atoms with Crippen molar-refractivity contribution in [3.8, 4) is 17.6 Å². The zero-order valence-electron chi connectivity index (χ0n) is 8.34. The Bertz CT molecular complexity index is 437. The lowest BCUT2D eigenvalue weighted by Crippen LogP contribution is -2.17. The van der Waals surface area contributed by atoms with Gasteiger partial charge in [0.2, 0.25) is 0 Å². The van der Waals surface area contributed by atoms with E-state index in [0.29, 0.717) is 18.8 Å². The molecule has 0 atom stereocenters. The lowest BCUT2D eigenvalue weighted by Gasteiger charge is -2.22. The van der Waals surface area contributed by atoms with Crippen molar-refractivity contribution in [3.05, 3.63) is 21.7 Å². The Kier molecular flexibility index (Phi) is 2.83. The number of halogens is 1. The molecule has 15 heavy (non-hydrogen) atoms. The maximum absolute atomic E-state index is 9.06. The van der Waals surface area contributed by atoms with Gasteiger partial charge in [-0.25, -0.2) is 0 Å². The number of nitriles is 1. The normalized spacial score (nSPS) is 13.4. The van der Waals surface area contributed by atoms with Crippen LogP contribution in [0.3, 0.4) is 0 Å². The van der Waals surface area contributed by atoms with Gasteiger partial charge in [-0.2, -0.15) is 5.26 Å². The summed E-state index contributed by atoms with van der Waals surface area (Å²) in [5.41, 5.74) is 1.56. The molecule has 1 aromatic rings. The molecule has 1 heterocycles. The van der Waals surface area contributed by atoms with Gasteiger partial charge >= 0.3 is 0 Å². The molecule has 0 unspecified atom stereocenters. The minimum Gasteiger partial charge on any atom is -0.486 e. The fraction of sp³-hybridized carbons (Fsp3) is 0.364. The summed E-state index contributed by atoms with van der Waals surface area (Å²) in [7, 11) is 0. The molecule has 1 aliphatic rings. The van der Waals surface area contributed by atoms with Gasteiger partial charge in [0.1, 0.15) is 19.3 Å². The highest BCUT2D eigenvalue weighted by Crippen LogP contribution is 2.39. The van der Waals surface area contributed by atoms with Crippen LogP contribution >= 0.6 is 15.9 Å². The first-order valence-electron chi connectivity index (χ1n) is 4.79. The van der Waals surface area contributed by atoms with Crippen molar-refractivity contribution in [2.75, 3.05) is 13.2 Å². The van der Waals surface area contributed by atoms with Crippen LogP contribution in [-0.4, -0.2) is 13.2 Å². The number of benzene rings is 1. The third-order valence-electron chi connectivity index (χ3n) is 2.35. The summed E-state index contributed by atoms with van der Waals surface area (Å²) in [4.78, 5) is 0. The first-order valence-corrected chi connectivity index (χ1v) is 5.58. The summed E-state index contributed by atoms with van der Waals surface area (Å²) in [5.74, 6) is 1.45. The molecule has 2 rings (SSSR count). The Morgan fingerprint density at radius 3 is 2.87 bits per heavy atom. The fourth-order valence-corrected chi connectivity index (χ4v) is 2.21. The monoisotopic (exact) mass is 267 g/mol. The van der Waals surface area contributed by atoms with Crippen molar-refractivity contribution in [2.45, 2.75) is 13.3 Å². The second kappa shape index (κ2) is 4.11. The van der Waals surface area contributed by atoms with Gasteiger partial charge in [0, 0.05) is 10.0 Å². The van der Waals surface area contributed by atoms with E-state index in [1.807, 2.05) is 6.92 Å². The number of fused-ring (bicyclic) bond motifs is 1. The molecular formula is C11H10BrNO2. The topological polar surface area (TPSA) is 42.2 Å². The molecule has 0 saturated heterocycles. The molecule has 1 aliphatic heterocycles. The van der Waals surface area contributed by atoms with Crippen LogP contribution < -0.4 is 9.47 Å². The third kappa shape index (κ3) is 1.68. The van der Waals surface area contributed by atoms with E-state index in [1.54, 1.807) is 6.07 Å². The molecule has 0 bridgehead atoms. The largest absolute Gasteiger partial charge is 0.486 e. The van der Waals surface area contributed by atoms with Crippen LogP contribution in [0.5, 0.6) is 11.5 Å². The maximum atomic E-state index is 9.06. The smallest absolute Gasteiger partial charge is 0.165 e. The highest BCUT2D eigenvalue weighted by molar-refractivity contribution is 9.10. The van der Waals surface area contributed by atoms with Crippen LogP contribution in [-0.2, 0) is 6.42 Å². The zero-order valence-corrected chi connectivity index (χ0v) is 9.93. The first kappa shape index (κ1) is 10.3. The average Bonchev–Trinajstić information content (AvgIpc) is 2.27. The van der Waals surface area contributed by atoms with Gasteiger partial charge in [-0.1, -0.05) is 6.92 Å². The molecule has 0 fully saturated rings. The minimum atomic E-state index is 0.548. The van der Waals surface area contributed by atoms with Crippen molar-refractivity contribution >= 4 is 15.9 Å². The number of ether oxygens (including phenoxy) is 2. The second-order valence-electron chi connectivity index (χ2n) is 3.20. The molecular weight excluding hydrogens is 258 g/mol. The third-order valence-corrected chi connectivity index (χ3v) is 2.97. The lowest BCUT2D eigenvalue weighted by molar-refractivity contribution is 0.170. The van der Waals surface area contributed by atoms with Crippen LogP contribution in [0.15, 0.2) is 10.5 Å². The molecule has 4 heteroatoms. The molecule has 0 radical (unpaired) electrons. The Morgan fingerprint density at radius 1 is 1.47 bits per heavy atom. The molecule has 3 nitrogen and oxygen atoms in total. The molecule has 0 N–H and O–H groups in total. The zero-order chi connectivity index (χ0) is 10.8. The molecule has 0 aromatic heterocycles. The molecule has 78 valence electrons. The van der Waals surface area contributed by atoms with Gasteiger partial charge in [-0.15, -0.1) is 0 Å². The summed E-state index contributed by atoms with van der Waals surface area (Å²) in [6, 6.07) is 3.98. The molecule has 0 amide bonds. The predicted octanol–water partition coefficient (Wildman–Crippen LogP) is 2.65. The standard InChI is InChI=1S/C11H10BrNO2/c1-2-7-8(6-13)9(12)5-10-11(7)15-4-3-14-10/h5H,2-4H2,1H3. The number of hydrogen-bond acceptors (Lipinski definition) is 3. The molecule has 1 aromatic carbocycles. The summed E-state index contributed by atoms with van der Waals surface area (Å²) in [6.45, 7) is 3.11. The molecule has 0 spiro atoms. The van der Waals surface area contributed by atoms with Crippen molar-refractivity contribution in [1.82, 2.24) is 0 Å². The maximum Gasteiger partial charge on any atom is 0.165 e. The van der Waals surface area contributed by atoms with E-state index in [2.05, 4.69) is 22.0 Å². The van der Waals surface area contributed by atoms with E-state index in [9.17, 15) is 0 Å². The number of rotatable bonds is 1. The van der Waals surface area contributed by atoms with E-state index >= 15 is 0 Å². The summed E-state index contributed by atoms with van der Waals surface area (Å²) < 4.78 is 11.8. The SMILES string of the molecule is CCc1c(C#N)c(Br)cc2c1OCCO2. The van der Waals surface area contributed by atoms with Crippen LogP contribution in [0.2, 0.25) is 0 Å². The van der Waals surface area contributed by atoms with E-state index in [1.165, 1.54) is 0 Å². The Morgan fingerprint density at radius 2 is 2.20 bits per heavy atom. The molecule has 0 saturated carbocycles. The highest BCUT2D eigenvalue weighted by Gasteiger charge is 2.20. The van der Waals surface area contributed by atoms with Crippen molar-refractivity contribution < 1.29 is 9.47 Å². The van der Waals surface area contributed by atoms with Crippen LogP contribution in [0.1, 0.15) is 18.1 Å². The molecule has 0 aliphatic carbocycles. The van der Waals surface area contributed by atoms with Crippen LogP contribution in [0.25, 0.3) is 0 Å². The average molecular weight is 268 g/mol. The minimum absolute atomic E-state index is 0.548. The first-order chi connectivity index (χ1) is 7.27. The van der Waals surface area contributed by atoms with Gasteiger partial charge in [-0.05, 0) is 28.4 Å². The van der Waals surface area contributed by atoms with Crippen LogP contribution in [0.4, 0.5) is 0 Å². The summed E-state index contributed by atoms with van der Waals surface area (Å²) in [6.07, 6.45) is 0.758. The predicted molar refractivity (Wildman–Crippen MR) is 59.2 cm³/mol. The van der Waals surface area contributed by atoms with Crippen molar-refractivity contribution in [1.29, 1.82) is 5.26 Å². The van der Waals surface area contributed by atoms with Gasteiger partial charge in [-0.3, -0.25) is 0 Å². The quantitative estimate of drug-likeness (QED) is 0.786. The Labute approximate surface area is 96.7 Å². The van der Waals surface area contributed by atoms with Gasteiger partial charge in [0.05, 0.1) is 5.56 Å². The number of nitrogens with zero attached hydrogens (tertiary/aromatic N) is 1. The highest BCUT2D eigenvalue weighted by atomic mass is 79.9. The van der Waals surface area contributed by atoms with Crippen LogP contribution in [0, 0.1) is 11.3 Å². The summed E-state index contributed by atoms with van der Waals surface area (Å²) >= 11 is 3.37. The second-order valence-corrected chi connectivity index (χ2v) is 4.06. The van der Waals surface area contributed by atoms with Gasteiger partial charge in [0.15, 0.2) is 11.5 Å². The van der Waals surface area contributed by atoms with E-state index in [0.717, 1.165) is 28.0 Å². The van der Waals surface area contributed by atoms with Crippen molar-refractivity contribution in [3.63, 3.8) is 0 Å².